The van der Waals surface area contributed by atoms with Crippen molar-refractivity contribution in [3.8, 4) is 0 Å². The van der Waals surface area contributed by atoms with Crippen LogP contribution in [0.1, 0.15) is 51.5 Å². The summed E-state index contributed by atoms with van der Waals surface area (Å²) >= 11 is 2.43. The van der Waals surface area contributed by atoms with E-state index in [4.69, 9.17) is 0 Å². The van der Waals surface area contributed by atoms with Crippen molar-refractivity contribution in [1.29, 1.82) is 0 Å². The van der Waals surface area contributed by atoms with Crippen LogP contribution < -0.4 is 0 Å². The third-order valence-corrected chi connectivity index (χ3v) is 3.94. The minimum absolute atomic E-state index is 0.527. The lowest BCUT2D eigenvalue weighted by Gasteiger charge is -2.12. The number of hydrogen-bond donors (Lipinski definition) is 0. The molecule has 3 heteroatoms. The average molecular weight is 306 g/mol. The van der Waals surface area contributed by atoms with E-state index in [0.717, 1.165) is 19.3 Å². The predicted octanol–water partition coefficient (Wildman–Crippen LogP) is 3.58. The third-order valence-electron chi connectivity index (χ3n) is 2.69. The van der Waals surface area contributed by atoms with E-state index in [-0.39, 0.29) is 0 Å². The van der Waals surface area contributed by atoms with Crippen LogP contribution >= 0.6 is 22.6 Å². The van der Waals surface area contributed by atoms with Gasteiger partial charge in [-0.2, -0.15) is 5.10 Å². The molecule has 0 saturated heterocycles. The summed E-state index contributed by atoms with van der Waals surface area (Å²) in [5.74, 6) is 0. The molecule has 0 aliphatic carbocycles. The van der Waals surface area contributed by atoms with E-state index in [2.05, 4.69) is 60.1 Å². The van der Waals surface area contributed by atoms with E-state index in [0.29, 0.717) is 6.04 Å². The lowest BCUT2D eigenvalue weighted by atomic mass is 10.2. The molecular formula is C11H19IN2. The van der Waals surface area contributed by atoms with Crippen molar-refractivity contribution in [1.82, 2.24) is 9.78 Å². The first kappa shape index (κ1) is 12.0. The zero-order chi connectivity index (χ0) is 10.7. The van der Waals surface area contributed by atoms with Crippen molar-refractivity contribution in [3.05, 3.63) is 15.0 Å². The second kappa shape index (κ2) is 5.14. The molecular weight excluding hydrogens is 287 g/mol. The first-order chi connectivity index (χ1) is 6.65. The molecule has 1 aromatic heterocycles. The van der Waals surface area contributed by atoms with E-state index >= 15 is 0 Å². The Morgan fingerprint density at radius 2 is 1.93 bits per heavy atom. The lowest BCUT2D eigenvalue weighted by molar-refractivity contribution is 0.458. The zero-order valence-electron chi connectivity index (χ0n) is 9.47. The Hall–Kier alpha value is -0.0600. The van der Waals surface area contributed by atoms with Crippen molar-refractivity contribution in [2.24, 2.45) is 0 Å². The van der Waals surface area contributed by atoms with Crippen LogP contribution in [0, 0.1) is 3.57 Å². The van der Waals surface area contributed by atoms with Crippen LogP contribution in [0.4, 0.5) is 0 Å². The van der Waals surface area contributed by atoms with Gasteiger partial charge in [0, 0.05) is 6.04 Å². The fraction of sp³-hybridized carbons (Fsp3) is 0.727. The highest BCUT2D eigenvalue weighted by atomic mass is 127. The monoisotopic (exact) mass is 306 g/mol. The third kappa shape index (κ3) is 2.12. The SMILES string of the molecule is CCc1nn(C(C)CC)c(CC)c1I. The molecule has 0 aliphatic rings. The van der Waals surface area contributed by atoms with E-state index in [1.165, 1.54) is 15.0 Å². The van der Waals surface area contributed by atoms with Gasteiger partial charge in [0.25, 0.3) is 0 Å². The maximum Gasteiger partial charge on any atom is 0.0758 e. The second-order valence-corrected chi connectivity index (χ2v) is 4.70. The summed E-state index contributed by atoms with van der Waals surface area (Å²) in [5, 5.41) is 4.68. The molecule has 1 atom stereocenters. The highest BCUT2D eigenvalue weighted by Gasteiger charge is 2.15. The van der Waals surface area contributed by atoms with Gasteiger partial charge in [0.1, 0.15) is 0 Å². The molecule has 1 aromatic rings. The van der Waals surface area contributed by atoms with Crippen LogP contribution in [0.25, 0.3) is 0 Å². The number of aryl methyl sites for hydroxylation is 1. The Balaban J connectivity index is 3.15. The van der Waals surface area contributed by atoms with Gasteiger partial charge in [-0.25, -0.2) is 0 Å². The fourth-order valence-corrected chi connectivity index (χ4v) is 2.70. The van der Waals surface area contributed by atoms with E-state index in [1.807, 2.05) is 0 Å². The Bertz CT molecular complexity index is 304. The molecule has 0 bridgehead atoms. The fourth-order valence-electron chi connectivity index (χ4n) is 1.58. The highest BCUT2D eigenvalue weighted by Crippen LogP contribution is 2.22. The molecule has 0 fully saturated rings. The summed E-state index contributed by atoms with van der Waals surface area (Å²) in [6, 6.07) is 0.527. The quantitative estimate of drug-likeness (QED) is 0.777. The van der Waals surface area contributed by atoms with Crippen LogP contribution in [-0.4, -0.2) is 9.78 Å². The van der Waals surface area contributed by atoms with Crippen LogP contribution in [-0.2, 0) is 12.8 Å². The van der Waals surface area contributed by atoms with Gasteiger partial charge in [0.15, 0.2) is 0 Å². The summed E-state index contributed by atoms with van der Waals surface area (Å²) in [6.07, 6.45) is 3.26. The first-order valence-corrected chi connectivity index (χ1v) is 6.49. The highest BCUT2D eigenvalue weighted by molar-refractivity contribution is 14.1. The minimum atomic E-state index is 0.527. The van der Waals surface area contributed by atoms with Gasteiger partial charge in [-0.05, 0) is 48.8 Å². The average Bonchev–Trinajstić information content (AvgIpc) is 2.53. The Morgan fingerprint density at radius 1 is 1.29 bits per heavy atom. The van der Waals surface area contributed by atoms with Crippen molar-refractivity contribution < 1.29 is 0 Å². The number of hydrogen-bond acceptors (Lipinski definition) is 1. The number of rotatable bonds is 4. The van der Waals surface area contributed by atoms with Gasteiger partial charge in [-0.15, -0.1) is 0 Å². The molecule has 0 spiro atoms. The first-order valence-electron chi connectivity index (χ1n) is 5.41. The number of halogens is 1. The predicted molar refractivity (Wildman–Crippen MR) is 68.7 cm³/mol. The van der Waals surface area contributed by atoms with Crippen LogP contribution in [0.3, 0.4) is 0 Å². The van der Waals surface area contributed by atoms with Crippen molar-refractivity contribution in [2.75, 3.05) is 0 Å². The topological polar surface area (TPSA) is 17.8 Å². The maximum atomic E-state index is 4.68. The van der Waals surface area contributed by atoms with Crippen molar-refractivity contribution in [3.63, 3.8) is 0 Å². The molecule has 0 amide bonds. The Kier molecular flexibility index (Phi) is 4.41. The van der Waals surface area contributed by atoms with Gasteiger partial charge in [-0.3, -0.25) is 4.68 Å². The Labute approximate surface area is 100 Å². The largest absolute Gasteiger partial charge is 0.265 e. The Morgan fingerprint density at radius 3 is 2.36 bits per heavy atom. The van der Waals surface area contributed by atoms with Crippen LogP contribution in [0.15, 0.2) is 0 Å². The number of nitrogens with zero attached hydrogens (tertiary/aromatic N) is 2. The van der Waals surface area contributed by atoms with Gasteiger partial charge < -0.3 is 0 Å². The summed E-state index contributed by atoms with van der Waals surface area (Å²) in [4.78, 5) is 0. The number of aromatic nitrogens is 2. The van der Waals surface area contributed by atoms with Crippen LogP contribution in [0.5, 0.6) is 0 Å². The van der Waals surface area contributed by atoms with E-state index < -0.39 is 0 Å². The van der Waals surface area contributed by atoms with Gasteiger partial charge >= 0.3 is 0 Å². The molecule has 0 saturated carbocycles. The molecule has 1 unspecified atom stereocenters. The summed E-state index contributed by atoms with van der Waals surface area (Å²) in [7, 11) is 0. The minimum Gasteiger partial charge on any atom is -0.265 e. The molecule has 2 nitrogen and oxygen atoms in total. The molecule has 1 rings (SSSR count). The molecule has 80 valence electrons. The lowest BCUT2D eigenvalue weighted by Crippen LogP contribution is -2.09. The summed E-state index contributed by atoms with van der Waals surface area (Å²) in [5.41, 5.74) is 2.65. The summed E-state index contributed by atoms with van der Waals surface area (Å²) in [6.45, 7) is 8.83. The van der Waals surface area contributed by atoms with Gasteiger partial charge in [-0.1, -0.05) is 20.8 Å². The summed E-state index contributed by atoms with van der Waals surface area (Å²) < 4.78 is 3.58. The van der Waals surface area contributed by atoms with Crippen molar-refractivity contribution >= 4 is 22.6 Å². The standard InChI is InChI=1S/C11H19IN2/c1-5-8(4)14-10(7-3)11(12)9(6-2)13-14/h8H,5-7H2,1-4H3. The molecule has 0 aromatic carbocycles. The molecule has 0 aliphatic heterocycles. The molecule has 0 N–H and O–H groups in total. The van der Waals surface area contributed by atoms with Gasteiger partial charge in [0.05, 0.1) is 15.0 Å². The molecule has 0 radical (unpaired) electrons. The molecule has 1 heterocycles. The zero-order valence-corrected chi connectivity index (χ0v) is 11.6. The van der Waals surface area contributed by atoms with Crippen molar-refractivity contribution in [2.45, 2.75) is 53.0 Å². The van der Waals surface area contributed by atoms with Gasteiger partial charge in [0.2, 0.25) is 0 Å². The van der Waals surface area contributed by atoms with E-state index in [1.54, 1.807) is 0 Å². The van der Waals surface area contributed by atoms with Crippen LogP contribution in [0.2, 0.25) is 0 Å². The molecule has 14 heavy (non-hydrogen) atoms. The maximum absolute atomic E-state index is 4.68. The normalized spacial score (nSPS) is 13.2. The second-order valence-electron chi connectivity index (χ2n) is 3.62. The van der Waals surface area contributed by atoms with E-state index in [9.17, 15) is 0 Å². The smallest absolute Gasteiger partial charge is 0.0758 e.